The van der Waals surface area contributed by atoms with Crippen LogP contribution in [0.4, 0.5) is 5.69 Å². The van der Waals surface area contributed by atoms with E-state index in [1.54, 1.807) is 50.2 Å². The Bertz CT molecular complexity index is 678. The Morgan fingerprint density at radius 3 is 2.26 bits per heavy atom. The molecule has 1 atom stereocenters. The number of ether oxygens (including phenoxy) is 2. The molecule has 122 valence electrons. The lowest BCUT2D eigenvalue weighted by Crippen LogP contribution is -2.13. The minimum absolute atomic E-state index is 0.320. The molecule has 0 bridgehead atoms. The molecule has 6 heteroatoms. The van der Waals surface area contributed by atoms with Crippen LogP contribution in [0.5, 0.6) is 11.5 Å². The summed E-state index contributed by atoms with van der Waals surface area (Å²) in [7, 11) is 0. The fourth-order valence-electron chi connectivity index (χ4n) is 1.98. The number of nitrogens with two attached hydrogens (primary N) is 1. The number of esters is 1. The van der Waals surface area contributed by atoms with Crippen LogP contribution in [0.2, 0.25) is 10.0 Å². The van der Waals surface area contributed by atoms with E-state index in [0.717, 1.165) is 0 Å². The van der Waals surface area contributed by atoms with Gasteiger partial charge in [0.25, 0.3) is 0 Å². The van der Waals surface area contributed by atoms with Crippen molar-refractivity contribution in [3.05, 3.63) is 52.0 Å². The molecule has 0 aliphatic rings. The Morgan fingerprint density at radius 1 is 1.17 bits per heavy atom. The van der Waals surface area contributed by atoms with Gasteiger partial charge in [0, 0.05) is 5.69 Å². The number of rotatable bonds is 5. The van der Waals surface area contributed by atoms with Crippen LogP contribution in [0, 0.1) is 0 Å². The number of anilines is 1. The predicted molar refractivity (Wildman–Crippen MR) is 92.4 cm³/mol. The number of hydrogen-bond donors (Lipinski definition) is 1. The first-order valence-electron chi connectivity index (χ1n) is 7.11. The van der Waals surface area contributed by atoms with Crippen molar-refractivity contribution < 1.29 is 14.3 Å². The molecular formula is C17H17Cl2NO3. The molecule has 0 amide bonds. The van der Waals surface area contributed by atoms with Gasteiger partial charge in [-0.1, -0.05) is 23.2 Å². The summed E-state index contributed by atoms with van der Waals surface area (Å²) in [5.41, 5.74) is 6.94. The van der Waals surface area contributed by atoms with Crippen molar-refractivity contribution in [2.24, 2.45) is 0 Å². The van der Waals surface area contributed by atoms with Gasteiger partial charge in [-0.25, -0.2) is 0 Å². The Balaban J connectivity index is 2.26. The quantitative estimate of drug-likeness (QED) is 0.604. The zero-order chi connectivity index (χ0) is 17.0. The minimum Gasteiger partial charge on any atom is -0.466 e. The normalized spacial score (nSPS) is 11.8. The van der Waals surface area contributed by atoms with Crippen LogP contribution < -0.4 is 10.5 Å². The van der Waals surface area contributed by atoms with Crippen molar-refractivity contribution in [1.82, 2.24) is 0 Å². The molecular weight excluding hydrogens is 337 g/mol. The van der Waals surface area contributed by atoms with Crippen molar-refractivity contribution >= 4 is 34.9 Å². The number of nitrogen functional groups attached to an aromatic ring is 1. The lowest BCUT2D eigenvalue weighted by Gasteiger charge is -2.15. The highest BCUT2D eigenvalue weighted by molar-refractivity contribution is 6.37. The highest BCUT2D eigenvalue weighted by Gasteiger charge is 2.20. The maximum absolute atomic E-state index is 11.8. The van der Waals surface area contributed by atoms with E-state index >= 15 is 0 Å². The van der Waals surface area contributed by atoms with Gasteiger partial charge in [0.15, 0.2) is 5.75 Å². The van der Waals surface area contributed by atoms with E-state index in [1.807, 2.05) is 0 Å². The molecule has 0 aliphatic carbocycles. The van der Waals surface area contributed by atoms with Gasteiger partial charge in [-0.05, 0) is 55.8 Å². The summed E-state index contributed by atoms with van der Waals surface area (Å²) in [5, 5.41) is 0.640. The molecule has 0 radical (unpaired) electrons. The Labute approximate surface area is 145 Å². The first kappa shape index (κ1) is 17.4. The largest absolute Gasteiger partial charge is 0.466 e. The Hall–Kier alpha value is -1.91. The lowest BCUT2D eigenvalue weighted by molar-refractivity contribution is -0.144. The van der Waals surface area contributed by atoms with Crippen LogP contribution in [0.15, 0.2) is 36.4 Å². The molecule has 0 spiro atoms. The van der Waals surface area contributed by atoms with Crippen LogP contribution in [-0.4, -0.2) is 12.6 Å². The lowest BCUT2D eigenvalue weighted by atomic mass is 10.0. The average Bonchev–Trinajstić information content (AvgIpc) is 2.52. The fourth-order valence-corrected chi connectivity index (χ4v) is 2.57. The average molecular weight is 354 g/mol. The molecule has 2 rings (SSSR count). The van der Waals surface area contributed by atoms with Gasteiger partial charge in [-0.2, -0.15) is 0 Å². The monoisotopic (exact) mass is 353 g/mol. The van der Waals surface area contributed by atoms with Crippen molar-refractivity contribution in [3.8, 4) is 11.5 Å². The number of halogens is 2. The summed E-state index contributed by atoms with van der Waals surface area (Å²) in [5.74, 6) is 0.106. The molecule has 0 aliphatic heterocycles. The summed E-state index contributed by atoms with van der Waals surface area (Å²) >= 11 is 12.5. The third-order valence-corrected chi connectivity index (χ3v) is 3.82. The van der Waals surface area contributed by atoms with Gasteiger partial charge < -0.3 is 15.2 Å². The van der Waals surface area contributed by atoms with Crippen LogP contribution in [0.3, 0.4) is 0 Å². The topological polar surface area (TPSA) is 61.5 Å². The van der Waals surface area contributed by atoms with Crippen molar-refractivity contribution in [2.75, 3.05) is 12.3 Å². The maximum Gasteiger partial charge on any atom is 0.313 e. The van der Waals surface area contributed by atoms with Gasteiger partial charge in [-0.15, -0.1) is 0 Å². The van der Waals surface area contributed by atoms with E-state index in [9.17, 15) is 4.79 Å². The predicted octanol–water partition coefficient (Wildman–Crippen LogP) is 5.03. The van der Waals surface area contributed by atoms with E-state index in [4.69, 9.17) is 38.4 Å². The van der Waals surface area contributed by atoms with Gasteiger partial charge in [0.05, 0.1) is 22.6 Å². The van der Waals surface area contributed by atoms with E-state index in [1.165, 1.54) is 0 Å². The van der Waals surface area contributed by atoms with Gasteiger partial charge in [-0.3, -0.25) is 4.79 Å². The molecule has 0 heterocycles. The molecule has 2 N–H and O–H groups in total. The Kier molecular flexibility index (Phi) is 5.74. The highest BCUT2D eigenvalue weighted by atomic mass is 35.5. The summed E-state index contributed by atoms with van der Waals surface area (Å²) in [6.07, 6.45) is 0. The third kappa shape index (κ3) is 4.30. The van der Waals surface area contributed by atoms with Crippen molar-refractivity contribution in [1.29, 1.82) is 0 Å². The van der Waals surface area contributed by atoms with Crippen LogP contribution in [-0.2, 0) is 9.53 Å². The maximum atomic E-state index is 11.8. The van der Waals surface area contributed by atoms with Crippen LogP contribution in [0.25, 0.3) is 0 Å². The molecule has 2 aromatic rings. The minimum atomic E-state index is -0.462. The summed E-state index contributed by atoms with van der Waals surface area (Å²) in [4.78, 5) is 11.8. The summed E-state index contributed by atoms with van der Waals surface area (Å²) < 4.78 is 10.7. The van der Waals surface area contributed by atoms with Crippen molar-refractivity contribution in [3.63, 3.8) is 0 Å². The SMILES string of the molecule is CCOC(=O)C(C)c1cc(Cl)c(Oc2ccc(N)cc2)c(Cl)c1. The second kappa shape index (κ2) is 7.57. The Morgan fingerprint density at radius 2 is 1.74 bits per heavy atom. The molecule has 0 fully saturated rings. The summed E-state index contributed by atoms with van der Waals surface area (Å²) in [6, 6.07) is 10.2. The van der Waals surface area contributed by atoms with Gasteiger partial charge in [0.1, 0.15) is 5.75 Å². The van der Waals surface area contributed by atoms with E-state index in [0.29, 0.717) is 39.4 Å². The second-order valence-corrected chi connectivity index (χ2v) is 5.77. The number of carbonyl (C=O) groups excluding carboxylic acids is 1. The van der Waals surface area contributed by atoms with Gasteiger partial charge >= 0.3 is 5.97 Å². The standard InChI is InChI=1S/C17H17Cl2NO3/c1-3-22-17(21)10(2)11-8-14(18)16(15(19)9-11)23-13-6-4-12(20)5-7-13/h4-10H,3,20H2,1-2H3. The van der Waals surface area contributed by atoms with Crippen molar-refractivity contribution in [2.45, 2.75) is 19.8 Å². The first-order chi connectivity index (χ1) is 10.9. The molecule has 23 heavy (non-hydrogen) atoms. The number of benzene rings is 2. The smallest absolute Gasteiger partial charge is 0.313 e. The molecule has 0 aromatic heterocycles. The zero-order valence-corrected chi connectivity index (χ0v) is 14.3. The molecule has 0 saturated carbocycles. The zero-order valence-electron chi connectivity index (χ0n) is 12.8. The van der Waals surface area contributed by atoms with E-state index in [2.05, 4.69) is 0 Å². The molecule has 4 nitrogen and oxygen atoms in total. The second-order valence-electron chi connectivity index (χ2n) is 4.96. The number of carbonyl (C=O) groups is 1. The summed E-state index contributed by atoms with van der Waals surface area (Å²) in [6.45, 7) is 3.82. The molecule has 0 saturated heterocycles. The van der Waals surface area contributed by atoms with Crippen LogP contribution >= 0.6 is 23.2 Å². The third-order valence-electron chi connectivity index (χ3n) is 3.26. The van der Waals surface area contributed by atoms with E-state index in [-0.39, 0.29) is 5.97 Å². The molecule has 1 unspecified atom stereocenters. The highest BCUT2D eigenvalue weighted by Crippen LogP contribution is 2.39. The molecule has 2 aromatic carbocycles. The fraction of sp³-hybridized carbons (Fsp3) is 0.235. The van der Waals surface area contributed by atoms with E-state index < -0.39 is 5.92 Å². The van der Waals surface area contributed by atoms with Gasteiger partial charge in [0.2, 0.25) is 0 Å². The first-order valence-corrected chi connectivity index (χ1v) is 7.87. The van der Waals surface area contributed by atoms with Crippen LogP contribution in [0.1, 0.15) is 25.3 Å². The number of hydrogen-bond acceptors (Lipinski definition) is 4.